The molecule has 1 amide bonds. The number of nitrogens with zero attached hydrogens (tertiary/aromatic N) is 1. The Morgan fingerprint density at radius 1 is 1.07 bits per heavy atom. The van der Waals surface area contributed by atoms with Gasteiger partial charge in [-0.3, -0.25) is 4.79 Å². The van der Waals surface area contributed by atoms with Gasteiger partial charge in [-0.1, -0.05) is 44.5 Å². The molecule has 2 aromatic rings. The lowest BCUT2D eigenvalue weighted by atomic mass is 9.86. The molecular weight excluding hydrogens is 400 g/mol. The molecule has 0 saturated carbocycles. The smallest absolute Gasteiger partial charge is 0.243 e. The number of nitrogens with one attached hydrogen (secondary N) is 1. The van der Waals surface area contributed by atoms with Crippen LogP contribution in [0, 0.1) is 12.8 Å². The van der Waals surface area contributed by atoms with Crippen molar-refractivity contribution in [2.45, 2.75) is 50.8 Å². The van der Waals surface area contributed by atoms with Gasteiger partial charge in [0.2, 0.25) is 15.9 Å². The minimum Gasteiger partial charge on any atom is -0.506 e. The number of carbonyl (C=O) groups excluding carboxylic acids is 1. The summed E-state index contributed by atoms with van der Waals surface area (Å²) in [6, 6.07) is 12.0. The Bertz CT molecular complexity index is 1020. The Labute approximate surface area is 179 Å². The fourth-order valence-electron chi connectivity index (χ4n) is 3.56. The Balaban J connectivity index is 1.65. The molecule has 1 saturated heterocycles. The molecule has 162 valence electrons. The van der Waals surface area contributed by atoms with Gasteiger partial charge in [0.25, 0.3) is 0 Å². The van der Waals surface area contributed by atoms with Crippen LogP contribution in [0.2, 0.25) is 0 Å². The van der Waals surface area contributed by atoms with Crippen LogP contribution in [0.5, 0.6) is 5.75 Å². The maximum absolute atomic E-state index is 12.8. The van der Waals surface area contributed by atoms with Crippen LogP contribution in [0.25, 0.3) is 0 Å². The minimum absolute atomic E-state index is 0.0238. The summed E-state index contributed by atoms with van der Waals surface area (Å²) in [7, 11) is -3.55. The van der Waals surface area contributed by atoms with E-state index in [1.165, 1.54) is 4.31 Å². The van der Waals surface area contributed by atoms with Gasteiger partial charge in [0, 0.05) is 19.0 Å². The highest BCUT2D eigenvalue weighted by molar-refractivity contribution is 7.89. The topological polar surface area (TPSA) is 86.7 Å². The van der Waals surface area contributed by atoms with Gasteiger partial charge in [-0.2, -0.15) is 4.31 Å². The molecule has 1 heterocycles. The fourth-order valence-corrected chi connectivity index (χ4v) is 5.02. The van der Waals surface area contributed by atoms with Gasteiger partial charge in [0.1, 0.15) is 5.75 Å². The molecule has 1 aliphatic rings. The van der Waals surface area contributed by atoms with Crippen molar-refractivity contribution in [3.63, 3.8) is 0 Å². The van der Waals surface area contributed by atoms with E-state index in [9.17, 15) is 18.3 Å². The Hall–Kier alpha value is -2.38. The number of anilines is 1. The molecule has 7 heteroatoms. The number of rotatable bonds is 4. The van der Waals surface area contributed by atoms with E-state index >= 15 is 0 Å². The summed E-state index contributed by atoms with van der Waals surface area (Å²) in [4.78, 5) is 13.0. The van der Waals surface area contributed by atoms with Crippen LogP contribution >= 0.6 is 0 Å². The number of sulfonamides is 1. The van der Waals surface area contributed by atoms with Gasteiger partial charge in [0.05, 0.1) is 10.6 Å². The van der Waals surface area contributed by atoms with Crippen molar-refractivity contribution in [3.05, 3.63) is 53.6 Å². The summed E-state index contributed by atoms with van der Waals surface area (Å²) < 4.78 is 27.1. The fraction of sp³-hybridized carbons (Fsp3) is 0.435. The van der Waals surface area contributed by atoms with Gasteiger partial charge >= 0.3 is 0 Å². The zero-order chi connectivity index (χ0) is 22.1. The summed E-state index contributed by atoms with van der Waals surface area (Å²) in [5.41, 5.74) is 2.29. The monoisotopic (exact) mass is 430 g/mol. The van der Waals surface area contributed by atoms with E-state index < -0.39 is 10.0 Å². The quantitative estimate of drug-likeness (QED) is 0.717. The molecule has 0 bridgehead atoms. The third kappa shape index (κ3) is 4.84. The number of piperidine rings is 1. The van der Waals surface area contributed by atoms with Gasteiger partial charge in [0.15, 0.2) is 0 Å². The summed E-state index contributed by atoms with van der Waals surface area (Å²) in [5.74, 6) is -0.466. The third-order valence-corrected chi connectivity index (χ3v) is 7.52. The van der Waals surface area contributed by atoms with Gasteiger partial charge in [-0.15, -0.1) is 0 Å². The number of phenolic OH excluding ortho intramolecular Hbond substituents is 1. The molecule has 30 heavy (non-hydrogen) atoms. The Morgan fingerprint density at radius 3 is 2.23 bits per heavy atom. The van der Waals surface area contributed by atoms with Crippen LogP contribution in [0.3, 0.4) is 0 Å². The normalized spacial score (nSPS) is 16.4. The second-order valence-electron chi connectivity index (χ2n) is 8.96. The number of aryl methyl sites for hydroxylation is 1. The minimum atomic E-state index is -3.55. The standard InChI is InChI=1S/C23H30N2O4S/c1-16-5-8-19(9-6-16)30(28,29)25-13-11-17(12-14-25)22(27)24-20-15-18(23(2,3)4)7-10-21(20)26/h5-10,15,17,26H,11-14H2,1-4H3,(H,24,27). The number of hydrogen-bond donors (Lipinski definition) is 2. The SMILES string of the molecule is Cc1ccc(S(=O)(=O)N2CCC(C(=O)Nc3cc(C(C)(C)C)ccc3O)CC2)cc1. The van der Waals surface area contributed by atoms with Crippen molar-refractivity contribution in [3.8, 4) is 5.75 Å². The predicted octanol–water partition coefficient (Wildman–Crippen LogP) is 4.04. The van der Waals surface area contributed by atoms with E-state index in [0.717, 1.165) is 11.1 Å². The summed E-state index contributed by atoms with van der Waals surface area (Å²) in [6.45, 7) is 8.69. The molecule has 1 aliphatic heterocycles. The highest BCUT2D eigenvalue weighted by Gasteiger charge is 2.32. The molecule has 0 aliphatic carbocycles. The van der Waals surface area contributed by atoms with Crippen LogP contribution in [0.4, 0.5) is 5.69 Å². The lowest BCUT2D eigenvalue weighted by molar-refractivity contribution is -0.120. The lowest BCUT2D eigenvalue weighted by Crippen LogP contribution is -2.41. The number of aromatic hydroxyl groups is 1. The van der Waals surface area contributed by atoms with Crippen LogP contribution in [0.1, 0.15) is 44.7 Å². The molecule has 1 fully saturated rings. The average Bonchev–Trinajstić information content (AvgIpc) is 2.69. The van der Waals surface area contributed by atoms with Crippen molar-refractivity contribution in [1.82, 2.24) is 4.31 Å². The predicted molar refractivity (Wildman–Crippen MR) is 118 cm³/mol. The van der Waals surface area contributed by atoms with Crippen molar-refractivity contribution in [2.75, 3.05) is 18.4 Å². The molecule has 0 aromatic heterocycles. The largest absolute Gasteiger partial charge is 0.506 e. The van der Waals surface area contributed by atoms with Crippen molar-refractivity contribution in [2.24, 2.45) is 5.92 Å². The van der Waals surface area contributed by atoms with Crippen LogP contribution in [-0.2, 0) is 20.2 Å². The van der Waals surface area contributed by atoms with Gasteiger partial charge in [-0.25, -0.2) is 8.42 Å². The number of hydrogen-bond acceptors (Lipinski definition) is 4. The van der Waals surface area contributed by atoms with Crippen LogP contribution in [0.15, 0.2) is 47.4 Å². The average molecular weight is 431 g/mol. The maximum atomic E-state index is 12.8. The molecular formula is C23H30N2O4S. The maximum Gasteiger partial charge on any atom is 0.243 e. The zero-order valence-electron chi connectivity index (χ0n) is 18.0. The number of carbonyl (C=O) groups is 1. The first-order chi connectivity index (χ1) is 14.0. The number of benzene rings is 2. The second kappa shape index (κ2) is 8.40. The molecule has 0 unspecified atom stereocenters. The van der Waals surface area contributed by atoms with E-state index in [2.05, 4.69) is 26.1 Å². The van der Waals surface area contributed by atoms with Crippen molar-refractivity contribution >= 4 is 21.6 Å². The zero-order valence-corrected chi connectivity index (χ0v) is 18.8. The molecule has 2 N–H and O–H groups in total. The second-order valence-corrected chi connectivity index (χ2v) is 10.9. The molecule has 0 atom stereocenters. The Morgan fingerprint density at radius 2 is 1.67 bits per heavy atom. The first-order valence-electron chi connectivity index (χ1n) is 10.2. The van der Waals surface area contributed by atoms with Crippen molar-refractivity contribution < 1.29 is 18.3 Å². The summed E-state index contributed by atoms with van der Waals surface area (Å²) in [6.07, 6.45) is 0.882. The molecule has 0 spiro atoms. The van der Waals surface area contributed by atoms with E-state index in [0.29, 0.717) is 31.6 Å². The first kappa shape index (κ1) is 22.3. The highest BCUT2D eigenvalue weighted by atomic mass is 32.2. The van der Waals surface area contributed by atoms with E-state index in [4.69, 9.17) is 0 Å². The van der Waals surface area contributed by atoms with E-state index in [1.54, 1.807) is 36.4 Å². The van der Waals surface area contributed by atoms with E-state index in [1.807, 2.05) is 13.0 Å². The van der Waals surface area contributed by atoms with Crippen molar-refractivity contribution in [1.29, 1.82) is 0 Å². The number of phenols is 1. The van der Waals surface area contributed by atoms with Crippen LogP contribution in [-0.4, -0.2) is 36.8 Å². The Kier molecular flexibility index (Phi) is 6.24. The number of amides is 1. The summed E-state index contributed by atoms with van der Waals surface area (Å²) >= 11 is 0. The third-order valence-electron chi connectivity index (χ3n) is 5.60. The van der Waals surface area contributed by atoms with Gasteiger partial charge < -0.3 is 10.4 Å². The molecule has 6 nitrogen and oxygen atoms in total. The van der Waals surface area contributed by atoms with Crippen LogP contribution < -0.4 is 5.32 Å². The van der Waals surface area contributed by atoms with E-state index in [-0.39, 0.29) is 27.9 Å². The molecule has 0 radical (unpaired) electrons. The molecule has 3 rings (SSSR count). The molecule has 2 aromatic carbocycles. The van der Waals surface area contributed by atoms with Gasteiger partial charge in [-0.05, 0) is 55.0 Å². The first-order valence-corrected chi connectivity index (χ1v) is 11.6. The highest BCUT2D eigenvalue weighted by Crippen LogP contribution is 2.32. The summed E-state index contributed by atoms with van der Waals surface area (Å²) in [5, 5.41) is 13.0. The lowest BCUT2D eigenvalue weighted by Gasteiger charge is -2.30.